The highest BCUT2D eigenvalue weighted by molar-refractivity contribution is 5.76. The van der Waals surface area contributed by atoms with Crippen LogP contribution in [0.5, 0.6) is 0 Å². The summed E-state index contributed by atoms with van der Waals surface area (Å²) in [6.07, 6.45) is 4.63. The molecule has 1 heterocycles. The molecular weight excluding hydrogens is 220 g/mol. The van der Waals surface area contributed by atoms with E-state index >= 15 is 0 Å². The van der Waals surface area contributed by atoms with Gasteiger partial charge in [-0.15, -0.1) is 0 Å². The molecule has 1 aliphatic heterocycles. The molecule has 0 aromatic rings. The van der Waals surface area contributed by atoms with Gasteiger partial charge in [-0.25, -0.2) is 0 Å². The summed E-state index contributed by atoms with van der Waals surface area (Å²) in [5.41, 5.74) is 0. The Labute approximate surface area is 102 Å². The Kier molecular flexibility index (Phi) is 6.62. The standard InChI is InChI=1S/C12H22N2O3/c15-11(5-4-6-12(16)17)13-7-10-14-8-2-1-3-9-14/h1-10H2,(H,13,15)(H,16,17). The lowest BCUT2D eigenvalue weighted by atomic mass is 10.1. The van der Waals surface area contributed by atoms with Crippen molar-refractivity contribution in [2.75, 3.05) is 26.2 Å². The van der Waals surface area contributed by atoms with Crippen molar-refractivity contribution in [1.82, 2.24) is 10.2 Å². The molecule has 1 aliphatic rings. The van der Waals surface area contributed by atoms with E-state index < -0.39 is 5.97 Å². The summed E-state index contributed by atoms with van der Waals surface area (Å²) in [5.74, 6) is -0.880. The zero-order valence-electron chi connectivity index (χ0n) is 10.3. The van der Waals surface area contributed by atoms with Gasteiger partial charge in [-0.3, -0.25) is 9.59 Å². The fourth-order valence-electron chi connectivity index (χ4n) is 2.03. The molecule has 17 heavy (non-hydrogen) atoms. The van der Waals surface area contributed by atoms with Crippen molar-refractivity contribution in [1.29, 1.82) is 0 Å². The van der Waals surface area contributed by atoms with Gasteiger partial charge < -0.3 is 15.3 Å². The van der Waals surface area contributed by atoms with Gasteiger partial charge in [-0.2, -0.15) is 0 Å². The van der Waals surface area contributed by atoms with Crippen LogP contribution >= 0.6 is 0 Å². The highest BCUT2D eigenvalue weighted by atomic mass is 16.4. The molecule has 0 bridgehead atoms. The van der Waals surface area contributed by atoms with Gasteiger partial charge in [0.25, 0.3) is 0 Å². The highest BCUT2D eigenvalue weighted by Gasteiger charge is 2.09. The van der Waals surface area contributed by atoms with Crippen molar-refractivity contribution in [3.63, 3.8) is 0 Å². The van der Waals surface area contributed by atoms with Crippen LogP contribution in [0.1, 0.15) is 38.5 Å². The van der Waals surface area contributed by atoms with Crippen LogP contribution in [0, 0.1) is 0 Å². The second kappa shape index (κ2) is 8.06. The fraction of sp³-hybridized carbons (Fsp3) is 0.833. The molecule has 0 atom stereocenters. The van der Waals surface area contributed by atoms with Gasteiger partial charge in [0.15, 0.2) is 0 Å². The molecule has 2 N–H and O–H groups in total. The molecule has 0 spiro atoms. The van der Waals surface area contributed by atoms with Crippen LogP contribution in [0.4, 0.5) is 0 Å². The maximum atomic E-state index is 11.3. The minimum Gasteiger partial charge on any atom is -0.481 e. The quantitative estimate of drug-likeness (QED) is 0.694. The number of aliphatic carboxylic acids is 1. The SMILES string of the molecule is O=C(O)CCCC(=O)NCCN1CCCCC1. The smallest absolute Gasteiger partial charge is 0.303 e. The summed E-state index contributed by atoms with van der Waals surface area (Å²) < 4.78 is 0. The number of likely N-dealkylation sites (tertiary alicyclic amines) is 1. The number of nitrogens with one attached hydrogen (secondary N) is 1. The third-order valence-electron chi connectivity index (χ3n) is 2.99. The van der Waals surface area contributed by atoms with Crippen molar-refractivity contribution in [3.05, 3.63) is 0 Å². The number of hydrogen-bond donors (Lipinski definition) is 2. The molecule has 0 aromatic heterocycles. The second-order valence-electron chi connectivity index (χ2n) is 4.50. The Bertz CT molecular complexity index is 250. The van der Waals surface area contributed by atoms with Crippen LogP contribution in [0.2, 0.25) is 0 Å². The molecule has 5 heteroatoms. The Hall–Kier alpha value is -1.10. The number of piperidine rings is 1. The lowest BCUT2D eigenvalue weighted by Gasteiger charge is -2.26. The van der Waals surface area contributed by atoms with E-state index in [2.05, 4.69) is 10.2 Å². The number of rotatable bonds is 7. The van der Waals surface area contributed by atoms with Gasteiger partial charge in [-0.1, -0.05) is 6.42 Å². The Morgan fingerprint density at radius 2 is 1.82 bits per heavy atom. The molecule has 1 amide bonds. The maximum Gasteiger partial charge on any atom is 0.303 e. The first-order valence-electron chi connectivity index (χ1n) is 6.39. The number of carbonyl (C=O) groups excluding carboxylic acids is 1. The number of amides is 1. The van der Waals surface area contributed by atoms with Crippen molar-refractivity contribution in [3.8, 4) is 0 Å². The van der Waals surface area contributed by atoms with Gasteiger partial charge >= 0.3 is 5.97 Å². The normalized spacial score (nSPS) is 16.7. The number of nitrogens with zero attached hydrogens (tertiary/aromatic N) is 1. The molecular formula is C12H22N2O3. The minimum absolute atomic E-state index is 0.0386. The van der Waals surface area contributed by atoms with E-state index in [-0.39, 0.29) is 12.3 Å². The van der Waals surface area contributed by atoms with E-state index in [4.69, 9.17) is 5.11 Å². The fourth-order valence-corrected chi connectivity index (χ4v) is 2.03. The van der Waals surface area contributed by atoms with Gasteiger partial charge in [0.05, 0.1) is 0 Å². The lowest BCUT2D eigenvalue weighted by molar-refractivity contribution is -0.137. The molecule has 1 rings (SSSR count). The average Bonchev–Trinajstić information content (AvgIpc) is 2.30. The molecule has 0 aromatic carbocycles. The zero-order chi connectivity index (χ0) is 12.5. The summed E-state index contributed by atoms with van der Waals surface area (Å²) >= 11 is 0. The summed E-state index contributed by atoms with van der Waals surface area (Å²) in [6, 6.07) is 0. The molecule has 0 unspecified atom stereocenters. The summed E-state index contributed by atoms with van der Waals surface area (Å²) in [5, 5.41) is 11.3. The predicted octanol–water partition coefficient (Wildman–Crippen LogP) is 0.843. The van der Waals surface area contributed by atoms with Gasteiger partial charge in [0, 0.05) is 25.9 Å². The summed E-state index contributed by atoms with van der Waals surface area (Å²) in [6.45, 7) is 3.85. The highest BCUT2D eigenvalue weighted by Crippen LogP contribution is 2.07. The maximum absolute atomic E-state index is 11.3. The Morgan fingerprint density at radius 1 is 1.12 bits per heavy atom. The summed E-state index contributed by atoms with van der Waals surface area (Å²) in [7, 11) is 0. The van der Waals surface area contributed by atoms with Crippen molar-refractivity contribution >= 4 is 11.9 Å². The molecule has 98 valence electrons. The number of carbonyl (C=O) groups is 2. The summed E-state index contributed by atoms with van der Waals surface area (Å²) in [4.78, 5) is 24.0. The molecule has 1 fully saturated rings. The van der Waals surface area contributed by atoms with Crippen LogP contribution in [0.3, 0.4) is 0 Å². The van der Waals surface area contributed by atoms with Gasteiger partial charge in [-0.05, 0) is 32.4 Å². The van der Waals surface area contributed by atoms with Gasteiger partial charge in [0.2, 0.25) is 5.91 Å². The first-order valence-corrected chi connectivity index (χ1v) is 6.39. The lowest BCUT2D eigenvalue weighted by Crippen LogP contribution is -2.37. The number of carboxylic acid groups (broad SMARTS) is 1. The molecule has 0 aliphatic carbocycles. The predicted molar refractivity (Wildman–Crippen MR) is 64.8 cm³/mol. The van der Waals surface area contributed by atoms with E-state index in [0.29, 0.717) is 19.4 Å². The minimum atomic E-state index is -0.842. The van der Waals surface area contributed by atoms with Crippen LogP contribution < -0.4 is 5.32 Å². The zero-order valence-corrected chi connectivity index (χ0v) is 10.3. The Morgan fingerprint density at radius 3 is 2.47 bits per heavy atom. The van der Waals surface area contributed by atoms with Crippen LogP contribution in [0.15, 0.2) is 0 Å². The largest absolute Gasteiger partial charge is 0.481 e. The Balaban J connectivity index is 1.97. The molecule has 0 radical (unpaired) electrons. The van der Waals surface area contributed by atoms with E-state index in [0.717, 1.165) is 19.6 Å². The van der Waals surface area contributed by atoms with E-state index in [1.807, 2.05) is 0 Å². The molecule has 0 saturated carbocycles. The third-order valence-corrected chi connectivity index (χ3v) is 2.99. The van der Waals surface area contributed by atoms with Crippen LogP contribution in [-0.2, 0) is 9.59 Å². The molecule has 1 saturated heterocycles. The van der Waals surface area contributed by atoms with E-state index in [9.17, 15) is 9.59 Å². The van der Waals surface area contributed by atoms with Crippen molar-refractivity contribution in [2.45, 2.75) is 38.5 Å². The third kappa shape index (κ3) is 6.94. The average molecular weight is 242 g/mol. The van der Waals surface area contributed by atoms with Crippen LogP contribution in [0.25, 0.3) is 0 Å². The van der Waals surface area contributed by atoms with E-state index in [1.165, 1.54) is 19.3 Å². The van der Waals surface area contributed by atoms with Gasteiger partial charge in [0.1, 0.15) is 0 Å². The van der Waals surface area contributed by atoms with Crippen molar-refractivity contribution in [2.24, 2.45) is 0 Å². The number of hydrogen-bond acceptors (Lipinski definition) is 3. The second-order valence-corrected chi connectivity index (χ2v) is 4.50. The first kappa shape index (κ1) is 14.0. The van der Waals surface area contributed by atoms with E-state index in [1.54, 1.807) is 0 Å². The topological polar surface area (TPSA) is 69.6 Å². The van der Waals surface area contributed by atoms with Crippen molar-refractivity contribution < 1.29 is 14.7 Å². The van der Waals surface area contributed by atoms with Crippen LogP contribution in [-0.4, -0.2) is 48.1 Å². The first-order chi connectivity index (χ1) is 8.18. The monoisotopic (exact) mass is 242 g/mol. The molecule has 5 nitrogen and oxygen atoms in total. The number of carboxylic acids is 1.